The Morgan fingerprint density at radius 2 is 1.75 bits per heavy atom. The number of furan rings is 1. The first-order valence-corrected chi connectivity index (χ1v) is 13.6. The molecule has 0 radical (unpaired) electrons. The van der Waals surface area contributed by atoms with Gasteiger partial charge < -0.3 is 28.7 Å². The van der Waals surface area contributed by atoms with Crippen molar-refractivity contribution < 1.29 is 28.2 Å². The Balaban J connectivity index is 1.55. The standard InChI is InChI=1S/C24H27NO6Si/c1-15-13-20-21(32(4,5)12-11-29-20)14-19(15)31-22-10-9-18(30-22)24(26)25-23-16(27-2)7-6-8-17(23)28-3/h6-10,13-14H,11-12H2,1-5H3,(H,25,26). The Kier molecular flexibility index (Phi) is 5.88. The van der Waals surface area contributed by atoms with Gasteiger partial charge in [-0.05, 0) is 54.0 Å². The van der Waals surface area contributed by atoms with Gasteiger partial charge in [0, 0.05) is 6.07 Å². The maximum absolute atomic E-state index is 12.8. The van der Waals surface area contributed by atoms with E-state index in [0.29, 0.717) is 22.9 Å². The molecule has 168 valence electrons. The second-order valence-electron chi connectivity index (χ2n) is 8.31. The van der Waals surface area contributed by atoms with Gasteiger partial charge in [0.2, 0.25) is 0 Å². The number of nitrogens with one attached hydrogen (secondary N) is 1. The van der Waals surface area contributed by atoms with E-state index in [1.54, 1.807) is 30.3 Å². The highest BCUT2D eigenvalue weighted by Gasteiger charge is 2.32. The Labute approximate surface area is 188 Å². The summed E-state index contributed by atoms with van der Waals surface area (Å²) in [5, 5.41) is 4.02. The van der Waals surface area contributed by atoms with Crippen LogP contribution in [-0.4, -0.2) is 34.8 Å². The summed E-state index contributed by atoms with van der Waals surface area (Å²) in [4.78, 5) is 12.8. The van der Waals surface area contributed by atoms with Crippen LogP contribution in [0.5, 0.6) is 28.9 Å². The number of hydrogen-bond donors (Lipinski definition) is 1. The van der Waals surface area contributed by atoms with Crippen LogP contribution in [0.2, 0.25) is 19.1 Å². The lowest BCUT2D eigenvalue weighted by molar-refractivity contribution is 0.0991. The molecule has 0 spiro atoms. The van der Waals surface area contributed by atoms with E-state index in [-0.39, 0.29) is 11.7 Å². The van der Waals surface area contributed by atoms with Crippen LogP contribution < -0.4 is 29.5 Å². The first kappa shape index (κ1) is 21.8. The van der Waals surface area contributed by atoms with Crippen molar-refractivity contribution in [2.45, 2.75) is 26.1 Å². The maximum Gasteiger partial charge on any atom is 0.291 e. The van der Waals surface area contributed by atoms with Crippen LogP contribution in [-0.2, 0) is 0 Å². The van der Waals surface area contributed by atoms with Gasteiger partial charge in [-0.1, -0.05) is 19.2 Å². The quantitative estimate of drug-likeness (QED) is 0.532. The van der Waals surface area contributed by atoms with Gasteiger partial charge in [0.05, 0.1) is 28.9 Å². The van der Waals surface area contributed by atoms with Crippen LogP contribution in [0.4, 0.5) is 5.69 Å². The van der Waals surface area contributed by atoms with Crippen LogP contribution in [0.25, 0.3) is 0 Å². The number of amides is 1. The molecule has 32 heavy (non-hydrogen) atoms. The fourth-order valence-corrected chi connectivity index (χ4v) is 5.94. The van der Waals surface area contributed by atoms with Crippen molar-refractivity contribution >= 4 is 24.9 Å². The number of rotatable bonds is 6. The third kappa shape index (κ3) is 4.18. The number of benzene rings is 2. The molecule has 0 saturated carbocycles. The summed E-state index contributed by atoms with van der Waals surface area (Å²) < 4.78 is 28.2. The van der Waals surface area contributed by atoms with Crippen molar-refractivity contribution in [1.29, 1.82) is 0 Å². The zero-order valence-electron chi connectivity index (χ0n) is 18.9. The minimum Gasteiger partial charge on any atom is -0.494 e. The molecule has 7 nitrogen and oxygen atoms in total. The number of ether oxygens (including phenoxy) is 4. The Hall–Kier alpha value is -3.39. The molecule has 1 amide bonds. The number of fused-ring (bicyclic) bond motifs is 1. The molecule has 1 aromatic heterocycles. The Bertz CT molecular complexity index is 1130. The number of hydrogen-bond acceptors (Lipinski definition) is 6. The van der Waals surface area contributed by atoms with Crippen molar-refractivity contribution in [1.82, 2.24) is 0 Å². The number of aryl methyl sites for hydroxylation is 1. The molecule has 1 aliphatic rings. The highest BCUT2D eigenvalue weighted by Crippen LogP contribution is 2.35. The van der Waals surface area contributed by atoms with E-state index in [2.05, 4.69) is 24.5 Å². The number of para-hydroxylation sites is 1. The van der Waals surface area contributed by atoms with Crippen LogP contribution in [0, 0.1) is 6.92 Å². The zero-order valence-corrected chi connectivity index (χ0v) is 19.9. The van der Waals surface area contributed by atoms with E-state index < -0.39 is 14.0 Å². The highest BCUT2D eigenvalue weighted by atomic mass is 28.3. The van der Waals surface area contributed by atoms with Crippen LogP contribution >= 0.6 is 0 Å². The van der Waals surface area contributed by atoms with Crippen LogP contribution in [0.15, 0.2) is 46.9 Å². The molecule has 0 unspecified atom stereocenters. The van der Waals surface area contributed by atoms with Crippen molar-refractivity contribution in [2.75, 3.05) is 26.1 Å². The number of carbonyl (C=O) groups is 1. The summed E-state index contributed by atoms with van der Waals surface area (Å²) in [7, 11) is 1.47. The molecular weight excluding hydrogens is 426 g/mol. The van der Waals surface area contributed by atoms with Gasteiger partial charge >= 0.3 is 0 Å². The lowest BCUT2D eigenvalue weighted by Gasteiger charge is -2.31. The van der Waals surface area contributed by atoms with Crippen LogP contribution in [0.3, 0.4) is 0 Å². The van der Waals surface area contributed by atoms with Gasteiger partial charge in [-0.25, -0.2) is 0 Å². The fraction of sp³-hybridized carbons (Fsp3) is 0.292. The summed E-state index contributed by atoms with van der Waals surface area (Å²) in [6.07, 6.45) is 0. The molecule has 2 aromatic carbocycles. The molecule has 0 fully saturated rings. The van der Waals surface area contributed by atoms with Crippen molar-refractivity contribution in [2.24, 2.45) is 0 Å². The molecular formula is C24H27NO6Si. The van der Waals surface area contributed by atoms with E-state index in [4.69, 9.17) is 23.4 Å². The number of carbonyl (C=O) groups excluding carboxylic acids is 1. The molecule has 0 aliphatic carbocycles. The van der Waals surface area contributed by atoms with E-state index >= 15 is 0 Å². The smallest absolute Gasteiger partial charge is 0.291 e. The van der Waals surface area contributed by atoms with Gasteiger partial charge in [0.1, 0.15) is 28.7 Å². The lowest BCUT2D eigenvalue weighted by Crippen LogP contribution is -2.46. The first-order chi connectivity index (χ1) is 15.3. The third-order valence-electron chi connectivity index (χ3n) is 5.67. The minimum absolute atomic E-state index is 0.113. The minimum atomic E-state index is -1.58. The SMILES string of the molecule is COc1cccc(OC)c1NC(=O)c1ccc(Oc2cc3c(cc2C)OCC[Si]3(C)C)o1. The molecule has 8 heteroatoms. The molecule has 2 heterocycles. The Morgan fingerprint density at radius 3 is 2.44 bits per heavy atom. The number of anilines is 1. The summed E-state index contributed by atoms with van der Waals surface area (Å²) in [6, 6.07) is 13.6. The Morgan fingerprint density at radius 1 is 1.03 bits per heavy atom. The average molecular weight is 454 g/mol. The predicted octanol–water partition coefficient (Wildman–Crippen LogP) is 4.96. The topological polar surface area (TPSA) is 79.2 Å². The first-order valence-electron chi connectivity index (χ1n) is 10.4. The summed E-state index contributed by atoms with van der Waals surface area (Å²) in [6.45, 7) is 7.38. The van der Waals surface area contributed by atoms with Crippen molar-refractivity contribution in [3.63, 3.8) is 0 Å². The number of methoxy groups -OCH3 is 2. The monoisotopic (exact) mass is 453 g/mol. The molecule has 1 N–H and O–H groups in total. The van der Waals surface area contributed by atoms with Gasteiger partial charge in [0.25, 0.3) is 11.9 Å². The molecule has 0 atom stereocenters. The van der Waals surface area contributed by atoms with Gasteiger partial charge in [-0.2, -0.15) is 0 Å². The van der Waals surface area contributed by atoms with E-state index in [1.807, 2.05) is 13.0 Å². The van der Waals surface area contributed by atoms with E-state index in [0.717, 1.165) is 24.0 Å². The molecule has 0 bridgehead atoms. The van der Waals surface area contributed by atoms with Gasteiger partial charge in [0.15, 0.2) is 5.76 Å². The van der Waals surface area contributed by atoms with Crippen molar-refractivity contribution in [3.8, 4) is 28.9 Å². The molecule has 3 aromatic rings. The summed E-state index contributed by atoms with van der Waals surface area (Å²) in [5.41, 5.74) is 1.37. The predicted molar refractivity (Wildman–Crippen MR) is 125 cm³/mol. The maximum atomic E-state index is 12.8. The zero-order chi connectivity index (χ0) is 22.9. The molecule has 4 rings (SSSR count). The second-order valence-corrected chi connectivity index (χ2v) is 13.1. The van der Waals surface area contributed by atoms with E-state index in [9.17, 15) is 4.79 Å². The summed E-state index contributed by atoms with van der Waals surface area (Å²) >= 11 is 0. The fourth-order valence-electron chi connectivity index (χ4n) is 3.73. The van der Waals surface area contributed by atoms with Crippen molar-refractivity contribution in [3.05, 3.63) is 53.8 Å². The molecule has 0 saturated heterocycles. The average Bonchev–Trinajstić information content (AvgIpc) is 3.23. The highest BCUT2D eigenvalue weighted by molar-refractivity contribution is 6.90. The molecule has 1 aliphatic heterocycles. The lowest BCUT2D eigenvalue weighted by atomic mass is 10.2. The normalized spacial score (nSPS) is 14.2. The van der Waals surface area contributed by atoms with E-state index in [1.165, 1.54) is 19.4 Å². The third-order valence-corrected chi connectivity index (χ3v) is 8.98. The second kappa shape index (κ2) is 8.62. The summed E-state index contributed by atoms with van der Waals surface area (Å²) in [5.74, 6) is 2.53. The van der Waals surface area contributed by atoms with Gasteiger partial charge in [-0.3, -0.25) is 4.79 Å². The van der Waals surface area contributed by atoms with Gasteiger partial charge in [-0.15, -0.1) is 0 Å². The van der Waals surface area contributed by atoms with Crippen LogP contribution in [0.1, 0.15) is 16.1 Å². The largest absolute Gasteiger partial charge is 0.494 e.